The lowest BCUT2D eigenvalue weighted by molar-refractivity contribution is -0.138. The number of amides is 1. The third-order valence-corrected chi connectivity index (χ3v) is 6.87. The van der Waals surface area contributed by atoms with Gasteiger partial charge in [-0.15, -0.1) is 0 Å². The minimum absolute atomic E-state index is 0.0616. The van der Waals surface area contributed by atoms with Crippen LogP contribution in [0.5, 0.6) is 0 Å². The summed E-state index contributed by atoms with van der Waals surface area (Å²) in [4.78, 5) is 22.3. The molecule has 1 saturated heterocycles. The Morgan fingerprint density at radius 3 is 2.35 bits per heavy atom. The van der Waals surface area contributed by atoms with Crippen LogP contribution in [-0.4, -0.2) is 45.4 Å². The lowest BCUT2D eigenvalue weighted by Crippen LogP contribution is -2.52. The third-order valence-electron chi connectivity index (χ3n) is 5.84. The molecule has 34 heavy (non-hydrogen) atoms. The number of carbonyl (C=O) groups is 1. The summed E-state index contributed by atoms with van der Waals surface area (Å²) < 4.78 is 89.0. The quantitative estimate of drug-likeness (QED) is 0.581. The Balaban J connectivity index is 2.08. The Labute approximate surface area is 193 Å². The Kier molecular flexibility index (Phi) is 6.64. The zero-order valence-corrected chi connectivity index (χ0v) is 19.7. The van der Waals surface area contributed by atoms with Crippen molar-refractivity contribution >= 4 is 27.1 Å². The van der Waals surface area contributed by atoms with Gasteiger partial charge in [-0.05, 0) is 24.6 Å². The minimum Gasteiger partial charge on any atom is -0.355 e. The predicted octanol–water partition coefficient (Wildman–Crippen LogP) is 4.82. The zero-order valence-electron chi connectivity index (χ0n) is 18.8. The van der Waals surface area contributed by atoms with Gasteiger partial charge in [-0.25, -0.2) is 27.7 Å². The molecule has 186 valence electrons. The maximum absolute atomic E-state index is 14.3. The van der Waals surface area contributed by atoms with Crippen molar-refractivity contribution in [3.63, 3.8) is 0 Å². The number of nitrogens with zero attached hydrogens (tertiary/aromatic N) is 3. The number of nitrogens with one attached hydrogen (secondary N) is 2. The smallest absolute Gasteiger partial charge is 0.355 e. The van der Waals surface area contributed by atoms with E-state index in [4.69, 9.17) is 4.78 Å². The van der Waals surface area contributed by atoms with Gasteiger partial charge in [-0.1, -0.05) is 13.8 Å². The maximum Gasteiger partial charge on any atom is 0.418 e. The zero-order chi connectivity index (χ0) is 25.6. The second-order valence-corrected chi connectivity index (χ2v) is 10.7. The van der Waals surface area contributed by atoms with Crippen molar-refractivity contribution in [3.8, 4) is 0 Å². The highest BCUT2D eigenvalue weighted by molar-refractivity contribution is 7.91. The van der Waals surface area contributed by atoms with Crippen LogP contribution in [0.2, 0.25) is 0 Å². The van der Waals surface area contributed by atoms with E-state index in [9.17, 15) is 31.0 Å². The van der Waals surface area contributed by atoms with Gasteiger partial charge >= 0.3 is 6.18 Å². The van der Waals surface area contributed by atoms with Gasteiger partial charge in [0.15, 0.2) is 0 Å². The molecule has 1 amide bonds. The number of aromatic nitrogens is 2. The highest BCUT2D eigenvalue weighted by atomic mass is 32.2. The largest absolute Gasteiger partial charge is 0.418 e. The first-order valence-electron chi connectivity index (χ1n) is 10.2. The molecular formula is C21H24F5N5O2S. The van der Waals surface area contributed by atoms with Gasteiger partial charge in [0.25, 0.3) is 11.8 Å². The van der Waals surface area contributed by atoms with Crippen molar-refractivity contribution in [2.45, 2.75) is 37.9 Å². The number of carbonyl (C=O) groups excluding carboxylic acids is 1. The molecule has 7 nitrogen and oxygen atoms in total. The van der Waals surface area contributed by atoms with Crippen LogP contribution in [0.3, 0.4) is 0 Å². The summed E-state index contributed by atoms with van der Waals surface area (Å²) in [7, 11) is -3.21. The number of alkyl halides is 5. The Hall–Kier alpha value is -2.83. The molecule has 1 aliphatic rings. The van der Waals surface area contributed by atoms with Crippen molar-refractivity contribution in [1.29, 1.82) is 4.78 Å². The summed E-state index contributed by atoms with van der Waals surface area (Å²) in [5.41, 5.74) is -1.86. The van der Waals surface area contributed by atoms with Crippen LogP contribution in [0.25, 0.3) is 0 Å². The molecule has 3 heterocycles. The van der Waals surface area contributed by atoms with Crippen LogP contribution < -0.4 is 10.2 Å². The fraction of sp³-hybridized carbons (Fsp3) is 0.476. The number of pyridine rings is 2. The molecular weight excluding hydrogens is 481 g/mol. The molecule has 2 aromatic rings. The minimum atomic E-state index is -4.79. The second kappa shape index (κ2) is 8.75. The first-order chi connectivity index (χ1) is 15.5. The Bertz CT molecular complexity index is 1200. The first kappa shape index (κ1) is 25.8. The molecule has 2 aromatic heterocycles. The predicted molar refractivity (Wildman–Crippen MR) is 117 cm³/mol. The van der Waals surface area contributed by atoms with E-state index in [2.05, 4.69) is 15.3 Å². The van der Waals surface area contributed by atoms with Gasteiger partial charge in [0.2, 0.25) is 0 Å². The molecule has 0 aliphatic carbocycles. The van der Waals surface area contributed by atoms with Crippen LogP contribution in [-0.2, 0) is 15.9 Å². The lowest BCUT2D eigenvalue weighted by Gasteiger charge is -2.42. The molecule has 1 fully saturated rings. The van der Waals surface area contributed by atoms with Gasteiger partial charge in [-0.2, -0.15) is 13.2 Å². The fourth-order valence-corrected chi connectivity index (χ4v) is 4.53. The number of hydrogen-bond donors (Lipinski definition) is 2. The molecule has 0 bridgehead atoms. The summed E-state index contributed by atoms with van der Waals surface area (Å²) in [6, 6.07) is 2.52. The van der Waals surface area contributed by atoms with Crippen LogP contribution in [0, 0.1) is 23.5 Å². The van der Waals surface area contributed by atoms with E-state index in [1.807, 2.05) is 0 Å². The van der Waals surface area contributed by atoms with E-state index in [0.29, 0.717) is 6.20 Å². The molecule has 13 heteroatoms. The van der Waals surface area contributed by atoms with Gasteiger partial charge in [-0.3, -0.25) is 4.79 Å². The van der Waals surface area contributed by atoms with Gasteiger partial charge in [0.1, 0.15) is 10.8 Å². The second-order valence-electron chi connectivity index (χ2n) is 8.56. The van der Waals surface area contributed by atoms with E-state index in [-0.39, 0.29) is 29.6 Å². The normalized spacial score (nSPS) is 22.2. The van der Waals surface area contributed by atoms with Crippen molar-refractivity contribution in [1.82, 2.24) is 9.97 Å². The van der Waals surface area contributed by atoms with E-state index >= 15 is 0 Å². The van der Waals surface area contributed by atoms with Crippen molar-refractivity contribution in [3.05, 3.63) is 41.2 Å². The highest BCUT2D eigenvalue weighted by Crippen LogP contribution is 2.41. The monoisotopic (exact) mass is 505 g/mol. The average Bonchev–Trinajstić information content (AvgIpc) is 2.70. The summed E-state index contributed by atoms with van der Waals surface area (Å²) in [6.45, 7) is 3.38. The van der Waals surface area contributed by atoms with Crippen molar-refractivity contribution in [2.75, 3.05) is 29.6 Å². The van der Waals surface area contributed by atoms with E-state index in [1.165, 1.54) is 37.1 Å². The number of hydrogen-bond acceptors (Lipinski definition) is 6. The van der Waals surface area contributed by atoms with E-state index in [1.54, 1.807) is 0 Å². The molecule has 1 unspecified atom stereocenters. The topological polar surface area (TPSA) is 99.0 Å². The van der Waals surface area contributed by atoms with Crippen LogP contribution in [0.4, 0.5) is 33.5 Å². The summed E-state index contributed by atoms with van der Waals surface area (Å²) in [6.07, 6.45) is -1.85. The van der Waals surface area contributed by atoms with E-state index < -0.39 is 56.3 Å². The molecule has 0 spiro atoms. The Morgan fingerprint density at radius 1 is 1.24 bits per heavy atom. The molecule has 0 saturated carbocycles. The first-order valence-corrected chi connectivity index (χ1v) is 12.2. The maximum atomic E-state index is 14.3. The fourth-order valence-electron chi connectivity index (χ4n) is 3.92. The average molecular weight is 506 g/mol. The molecule has 0 radical (unpaired) electrons. The lowest BCUT2D eigenvalue weighted by atomic mass is 9.86. The molecule has 3 rings (SSSR count). The Morgan fingerprint density at radius 2 is 1.82 bits per heavy atom. The molecule has 2 N–H and O–H groups in total. The number of halogens is 5. The standard InChI is InChI=1S/C21H24F5N5O2S/c1-11-9-31(10-12(2)20(11,22)23)18-17(13(3)15(8-29-18)21(24,25)26)19(32)30-14-5-6-28-16(7-14)34(4,27)33/h5-8,11-12,27H,9-10H2,1-4H3,(H,28,30,32)/t11-,12-,34?/m1/s1. The summed E-state index contributed by atoms with van der Waals surface area (Å²) in [5, 5.41) is 2.32. The van der Waals surface area contributed by atoms with Crippen molar-refractivity contribution < 1.29 is 31.0 Å². The van der Waals surface area contributed by atoms with Gasteiger partial charge in [0.05, 0.1) is 20.9 Å². The van der Waals surface area contributed by atoms with Gasteiger partial charge < -0.3 is 10.2 Å². The number of anilines is 2. The molecule has 0 aromatic carbocycles. The van der Waals surface area contributed by atoms with Crippen LogP contribution >= 0.6 is 0 Å². The summed E-state index contributed by atoms with van der Waals surface area (Å²) >= 11 is 0. The highest BCUT2D eigenvalue weighted by Gasteiger charge is 2.48. The van der Waals surface area contributed by atoms with Crippen LogP contribution in [0.1, 0.15) is 35.3 Å². The third kappa shape index (κ3) is 4.98. The summed E-state index contributed by atoms with van der Waals surface area (Å²) in [5.74, 6) is -6.29. The SMILES string of the molecule is Cc1c(C(F)(F)F)cnc(N2C[C@@H](C)C(F)(F)[C@H](C)C2)c1C(=O)Nc1ccnc(S(C)(=N)=O)c1. The van der Waals surface area contributed by atoms with Gasteiger partial charge in [0, 0.05) is 49.3 Å². The molecule has 3 atom stereocenters. The molecule has 1 aliphatic heterocycles. The van der Waals surface area contributed by atoms with Crippen molar-refractivity contribution in [2.24, 2.45) is 11.8 Å². The number of piperidine rings is 1. The van der Waals surface area contributed by atoms with Crippen LogP contribution in [0.15, 0.2) is 29.6 Å². The number of rotatable bonds is 4. The van der Waals surface area contributed by atoms with E-state index in [0.717, 1.165) is 13.2 Å².